The van der Waals surface area contributed by atoms with Crippen LogP contribution in [0, 0.1) is 0 Å². The standard InChI is InChI=1S/C28H26ClN9O16S5/c29-25-34-27(31-15-1-4-17(5-2-15)55(40,41)8-7-54-59(51,52)53)36-28(35-25)32-16-3-6-20(21(11-16)33-26(30)39)37-38-22-13-19-14(10-24(22)58(48,49)50)9-18(56(42,43)44)12-23(19)57(45,46)47/h1-6,9-13,42-44H,7-8H2,(H3,30,33,39)(H,45,46,47)(H,48,49,50)(H,51,52,53)(H2,31,32,34,35,36). The van der Waals surface area contributed by atoms with Crippen molar-refractivity contribution in [2.75, 3.05) is 28.3 Å². The van der Waals surface area contributed by atoms with Crippen LogP contribution >= 0.6 is 22.5 Å². The van der Waals surface area contributed by atoms with E-state index in [2.05, 4.69) is 45.3 Å². The van der Waals surface area contributed by atoms with Crippen LogP contribution in [-0.4, -0.2) is 94.3 Å². The lowest BCUT2D eigenvalue weighted by atomic mass is 10.1. The van der Waals surface area contributed by atoms with E-state index < -0.39 is 101 Å². The molecule has 0 radical (unpaired) electrons. The molecule has 0 aliphatic carbocycles. The van der Waals surface area contributed by atoms with E-state index in [-0.39, 0.29) is 44.8 Å². The summed E-state index contributed by atoms with van der Waals surface area (Å²) in [5.41, 5.74) is 4.63. The fourth-order valence-electron chi connectivity index (χ4n) is 4.85. The number of rotatable bonds is 15. The summed E-state index contributed by atoms with van der Waals surface area (Å²) in [6.45, 7) is -0.825. The number of fused-ring (bicyclic) bond motifs is 1. The molecule has 0 saturated carbocycles. The fraction of sp³-hybridized carbons (Fsp3) is 0.0714. The number of carbonyl (C=O) groups is 1. The molecule has 0 spiro atoms. The van der Waals surface area contributed by atoms with Crippen molar-refractivity contribution in [2.45, 2.75) is 19.6 Å². The van der Waals surface area contributed by atoms with Gasteiger partial charge in [-0.3, -0.25) is 13.7 Å². The molecule has 5 rings (SSSR count). The number of nitrogens with one attached hydrogen (secondary N) is 3. The van der Waals surface area contributed by atoms with Crippen LogP contribution in [-0.2, 0) is 44.7 Å². The molecule has 1 heterocycles. The van der Waals surface area contributed by atoms with Gasteiger partial charge in [-0.2, -0.15) is 40.2 Å². The molecule has 31 heteroatoms. The highest BCUT2D eigenvalue weighted by molar-refractivity contribution is 8.19. The Hall–Kier alpha value is -5.22. The van der Waals surface area contributed by atoms with Crippen molar-refractivity contribution in [3.8, 4) is 0 Å². The van der Waals surface area contributed by atoms with Gasteiger partial charge in [0.1, 0.15) is 32.0 Å². The van der Waals surface area contributed by atoms with Gasteiger partial charge in [0.05, 0.1) is 27.8 Å². The average molecular weight is 940 g/mol. The molecular formula is C28H26ClN9O16S5. The molecule has 0 bridgehead atoms. The average Bonchev–Trinajstić information content (AvgIpc) is 3.08. The first-order chi connectivity index (χ1) is 27.2. The van der Waals surface area contributed by atoms with Gasteiger partial charge in [0, 0.05) is 16.8 Å². The highest BCUT2D eigenvalue weighted by atomic mass is 35.5. The van der Waals surface area contributed by atoms with Crippen molar-refractivity contribution in [3.63, 3.8) is 0 Å². The molecule has 2 amide bonds. The topological polar surface area (TPSA) is 410 Å². The third kappa shape index (κ3) is 11.9. The smallest absolute Gasteiger partial charge is 0.351 e. The number of halogens is 1. The van der Waals surface area contributed by atoms with Gasteiger partial charge in [0.15, 0.2) is 9.84 Å². The zero-order valence-electron chi connectivity index (χ0n) is 28.8. The summed E-state index contributed by atoms with van der Waals surface area (Å²) in [7, 11) is -23.8. The Morgan fingerprint density at radius 1 is 0.695 bits per heavy atom. The van der Waals surface area contributed by atoms with E-state index in [1.54, 1.807) is 0 Å². The number of amides is 2. The second-order valence-corrected chi connectivity index (χ2v) is 19.3. The molecule has 0 atom stereocenters. The highest BCUT2D eigenvalue weighted by Gasteiger charge is 2.26. The van der Waals surface area contributed by atoms with Gasteiger partial charge < -0.3 is 35.3 Å². The van der Waals surface area contributed by atoms with E-state index in [0.29, 0.717) is 12.1 Å². The molecule has 59 heavy (non-hydrogen) atoms. The Morgan fingerprint density at radius 2 is 1.27 bits per heavy atom. The van der Waals surface area contributed by atoms with Crippen molar-refractivity contribution in [1.82, 2.24) is 15.0 Å². The Labute approximate surface area is 339 Å². The van der Waals surface area contributed by atoms with E-state index >= 15 is 0 Å². The Morgan fingerprint density at radius 3 is 1.83 bits per heavy atom. The molecule has 5 aromatic rings. The fourth-order valence-corrected chi connectivity index (χ4v) is 8.50. The third-order valence-corrected chi connectivity index (χ3v) is 12.3. The molecule has 0 unspecified atom stereocenters. The number of aromatic nitrogens is 3. The molecule has 1 aromatic heterocycles. The number of carbonyl (C=O) groups excluding carboxylic acids is 1. The molecule has 0 fully saturated rings. The second-order valence-electron chi connectivity index (χ2n) is 11.4. The molecule has 25 nitrogen and oxygen atoms in total. The van der Waals surface area contributed by atoms with Crippen LogP contribution < -0.4 is 21.7 Å². The van der Waals surface area contributed by atoms with Crippen molar-refractivity contribution < 1.29 is 70.0 Å². The van der Waals surface area contributed by atoms with Gasteiger partial charge >= 0.3 is 16.4 Å². The number of primary amides is 1. The van der Waals surface area contributed by atoms with Crippen molar-refractivity contribution in [1.29, 1.82) is 0 Å². The van der Waals surface area contributed by atoms with Crippen LogP contribution in [0.15, 0.2) is 96.5 Å². The van der Waals surface area contributed by atoms with Crippen LogP contribution in [0.2, 0.25) is 5.28 Å². The lowest BCUT2D eigenvalue weighted by molar-refractivity contribution is 0.259. The Bertz CT molecular complexity index is 2970. The molecule has 0 aliphatic rings. The van der Waals surface area contributed by atoms with Crippen LogP contribution in [0.5, 0.6) is 0 Å². The summed E-state index contributed by atoms with van der Waals surface area (Å²) >= 11 is 6.08. The second kappa shape index (κ2) is 16.8. The first-order valence-corrected chi connectivity index (χ1v) is 23.1. The number of sulfone groups is 1. The zero-order chi connectivity index (χ0) is 43.7. The molecule has 316 valence electrons. The van der Waals surface area contributed by atoms with E-state index in [0.717, 1.165) is 12.1 Å². The van der Waals surface area contributed by atoms with Crippen LogP contribution in [0.3, 0.4) is 0 Å². The van der Waals surface area contributed by atoms with Crippen molar-refractivity contribution >= 4 is 120 Å². The molecule has 0 aliphatic heterocycles. The summed E-state index contributed by atoms with van der Waals surface area (Å²) < 4.78 is 157. The SMILES string of the molecule is NC(=O)Nc1cc(Nc2nc(Cl)nc(Nc3ccc(S(=O)(=O)CCOS(=O)(=O)O)cc3)n2)ccc1N=Nc1cc2c(S(=O)(=O)O)cc(S(O)(O)O)cc2cc1S(=O)(=O)O. The number of urea groups is 1. The maximum absolute atomic E-state index is 12.5. The molecule has 11 N–H and O–H groups in total. The predicted molar refractivity (Wildman–Crippen MR) is 209 cm³/mol. The molecule has 0 saturated heterocycles. The van der Waals surface area contributed by atoms with Crippen molar-refractivity contribution in [3.05, 3.63) is 72.0 Å². The van der Waals surface area contributed by atoms with Gasteiger partial charge in [-0.15, -0.1) is 10.2 Å². The summed E-state index contributed by atoms with van der Waals surface area (Å²) in [5, 5.41) is 14.3. The number of hydrogen-bond acceptors (Lipinski definition) is 20. The van der Waals surface area contributed by atoms with Gasteiger partial charge in [-0.25, -0.2) is 17.4 Å². The number of nitrogens with zero attached hydrogens (tertiary/aromatic N) is 5. The van der Waals surface area contributed by atoms with E-state index in [1.165, 1.54) is 42.5 Å². The Kier molecular flexibility index (Phi) is 12.8. The number of anilines is 5. The first-order valence-electron chi connectivity index (χ1n) is 15.3. The number of benzene rings is 4. The minimum Gasteiger partial charge on any atom is -0.351 e. The van der Waals surface area contributed by atoms with Crippen LogP contribution in [0.4, 0.5) is 45.1 Å². The summed E-state index contributed by atoms with van der Waals surface area (Å²) in [6, 6.07) is 10.5. The van der Waals surface area contributed by atoms with E-state index in [9.17, 15) is 61.2 Å². The lowest BCUT2D eigenvalue weighted by Crippen LogP contribution is -2.19. The molecular weight excluding hydrogens is 914 g/mol. The number of azo groups is 1. The van der Waals surface area contributed by atoms with Gasteiger partial charge in [-0.1, -0.05) is 0 Å². The predicted octanol–water partition coefficient (Wildman–Crippen LogP) is 4.74. The van der Waals surface area contributed by atoms with Crippen LogP contribution in [0.25, 0.3) is 10.8 Å². The minimum atomic E-state index is -5.17. The van der Waals surface area contributed by atoms with Gasteiger partial charge in [0.25, 0.3) is 20.2 Å². The number of nitrogens with two attached hydrogens (primary N) is 1. The highest BCUT2D eigenvalue weighted by Crippen LogP contribution is 2.47. The minimum absolute atomic E-state index is 0.140. The third-order valence-electron chi connectivity index (χ3n) is 7.28. The van der Waals surface area contributed by atoms with E-state index in [4.69, 9.17) is 21.9 Å². The largest absolute Gasteiger partial charge is 0.397 e. The summed E-state index contributed by atoms with van der Waals surface area (Å²) in [5.74, 6) is -1.08. The monoisotopic (exact) mass is 939 g/mol. The van der Waals surface area contributed by atoms with Gasteiger partial charge in [-0.05, 0) is 83.7 Å². The quantitative estimate of drug-likeness (QED) is 0.0500. The van der Waals surface area contributed by atoms with Crippen molar-refractivity contribution in [2.24, 2.45) is 16.0 Å². The maximum atomic E-state index is 12.5. The lowest BCUT2D eigenvalue weighted by Gasteiger charge is -2.20. The van der Waals surface area contributed by atoms with Gasteiger partial charge in [0.2, 0.25) is 17.2 Å². The zero-order valence-corrected chi connectivity index (χ0v) is 33.6. The number of hydrogen-bond donors (Lipinski definition) is 10. The maximum Gasteiger partial charge on any atom is 0.397 e. The summed E-state index contributed by atoms with van der Waals surface area (Å²) in [6.07, 6.45) is 0. The molecule has 4 aromatic carbocycles. The van der Waals surface area contributed by atoms with E-state index in [1.807, 2.05) is 0 Å². The normalized spacial score (nSPS) is 13.1. The summed E-state index contributed by atoms with van der Waals surface area (Å²) in [4.78, 5) is 21.0. The van der Waals surface area contributed by atoms with Crippen LogP contribution in [0.1, 0.15) is 0 Å². The first kappa shape index (κ1) is 44.9. The Balaban J connectivity index is 1.44.